The molecule has 0 aliphatic carbocycles. The van der Waals surface area contributed by atoms with Crippen LogP contribution in [0.5, 0.6) is 5.75 Å². The fourth-order valence-corrected chi connectivity index (χ4v) is 1.60. The number of rotatable bonds is 2. The SMILES string of the molecule is C#COc1ccc(N2C(=O)CC(=C)C2=O)cc1. The topological polar surface area (TPSA) is 46.6 Å². The van der Waals surface area contributed by atoms with Crippen molar-refractivity contribution in [1.29, 1.82) is 0 Å². The maximum absolute atomic E-state index is 11.7. The maximum atomic E-state index is 11.7. The van der Waals surface area contributed by atoms with Gasteiger partial charge in [0.1, 0.15) is 11.9 Å². The minimum atomic E-state index is -0.361. The van der Waals surface area contributed by atoms with Gasteiger partial charge in [-0.05, 0) is 24.3 Å². The van der Waals surface area contributed by atoms with E-state index in [1.807, 2.05) is 6.11 Å². The van der Waals surface area contributed by atoms with E-state index in [0.717, 1.165) is 4.90 Å². The summed E-state index contributed by atoms with van der Waals surface area (Å²) in [5.41, 5.74) is 0.793. The molecule has 0 saturated carbocycles. The fraction of sp³-hybridized carbons (Fsp3) is 0.0769. The maximum Gasteiger partial charge on any atom is 0.260 e. The largest absolute Gasteiger partial charge is 0.408 e. The molecule has 84 valence electrons. The predicted octanol–water partition coefficient (Wildman–Crippen LogP) is 1.48. The number of carbonyl (C=O) groups is 2. The van der Waals surface area contributed by atoms with Crippen molar-refractivity contribution < 1.29 is 14.3 Å². The zero-order valence-electron chi connectivity index (χ0n) is 8.97. The van der Waals surface area contributed by atoms with E-state index in [9.17, 15) is 9.59 Å². The Kier molecular flexibility index (Phi) is 2.67. The van der Waals surface area contributed by atoms with E-state index in [4.69, 9.17) is 11.2 Å². The lowest BCUT2D eigenvalue weighted by molar-refractivity contribution is -0.120. The van der Waals surface area contributed by atoms with Crippen LogP contribution in [0, 0.1) is 12.5 Å². The highest BCUT2D eigenvalue weighted by Crippen LogP contribution is 2.26. The van der Waals surface area contributed by atoms with Crippen molar-refractivity contribution in [3.8, 4) is 18.3 Å². The molecule has 0 aromatic heterocycles. The van der Waals surface area contributed by atoms with Crippen LogP contribution in [0.2, 0.25) is 0 Å². The van der Waals surface area contributed by atoms with Gasteiger partial charge in [-0.15, -0.1) is 0 Å². The van der Waals surface area contributed by atoms with Gasteiger partial charge in [0.25, 0.3) is 5.91 Å². The van der Waals surface area contributed by atoms with Gasteiger partial charge in [-0.3, -0.25) is 9.59 Å². The van der Waals surface area contributed by atoms with Crippen LogP contribution in [0.25, 0.3) is 0 Å². The molecule has 2 rings (SSSR count). The van der Waals surface area contributed by atoms with Gasteiger partial charge in [0.05, 0.1) is 12.1 Å². The van der Waals surface area contributed by atoms with Crippen LogP contribution >= 0.6 is 0 Å². The highest BCUT2D eigenvalue weighted by atomic mass is 16.5. The standard InChI is InChI=1S/C13H9NO3/c1-3-17-11-6-4-10(5-7-11)14-12(15)8-9(2)13(14)16/h1,4-7H,2,8H2. The number of nitrogens with zero attached hydrogens (tertiary/aromatic N) is 1. The summed E-state index contributed by atoms with van der Waals surface area (Å²) in [6, 6.07) is 6.38. The fourth-order valence-electron chi connectivity index (χ4n) is 1.60. The van der Waals surface area contributed by atoms with Crippen LogP contribution in [-0.4, -0.2) is 11.8 Å². The number of benzene rings is 1. The molecule has 0 bridgehead atoms. The Morgan fingerprint density at radius 1 is 1.29 bits per heavy atom. The van der Waals surface area contributed by atoms with Crippen LogP contribution < -0.4 is 9.64 Å². The van der Waals surface area contributed by atoms with Crippen molar-refractivity contribution in [2.75, 3.05) is 4.90 Å². The summed E-state index contributed by atoms with van der Waals surface area (Å²) in [5.74, 6) is -0.152. The lowest BCUT2D eigenvalue weighted by atomic mass is 10.2. The summed E-state index contributed by atoms with van der Waals surface area (Å²) in [6.45, 7) is 3.55. The van der Waals surface area contributed by atoms with Gasteiger partial charge < -0.3 is 4.74 Å². The van der Waals surface area contributed by atoms with Crippen LogP contribution in [0.15, 0.2) is 36.4 Å². The summed E-state index contributed by atoms with van der Waals surface area (Å²) >= 11 is 0. The first-order chi connectivity index (χ1) is 8.13. The minimum absolute atomic E-state index is 0.0709. The van der Waals surface area contributed by atoms with E-state index in [0.29, 0.717) is 17.0 Å². The van der Waals surface area contributed by atoms with Crippen molar-refractivity contribution >= 4 is 17.5 Å². The molecule has 0 N–H and O–H groups in total. The second kappa shape index (κ2) is 4.14. The number of carbonyl (C=O) groups excluding carboxylic acids is 2. The lowest BCUT2D eigenvalue weighted by Crippen LogP contribution is -2.28. The molecule has 17 heavy (non-hydrogen) atoms. The van der Waals surface area contributed by atoms with Crippen LogP contribution in [0.4, 0.5) is 5.69 Å². The van der Waals surface area contributed by atoms with Gasteiger partial charge in [0.2, 0.25) is 5.91 Å². The normalized spacial score (nSPS) is 15.0. The van der Waals surface area contributed by atoms with Gasteiger partial charge in [-0.2, -0.15) is 0 Å². The molecule has 1 aliphatic rings. The Morgan fingerprint density at radius 2 is 1.94 bits per heavy atom. The van der Waals surface area contributed by atoms with Crippen molar-refractivity contribution in [3.63, 3.8) is 0 Å². The predicted molar refractivity (Wildman–Crippen MR) is 62.2 cm³/mol. The van der Waals surface area contributed by atoms with Crippen molar-refractivity contribution in [1.82, 2.24) is 0 Å². The molecule has 1 aromatic carbocycles. The summed E-state index contributed by atoms with van der Waals surface area (Å²) < 4.78 is 4.82. The molecule has 4 heteroatoms. The number of ether oxygens (including phenoxy) is 1. The van der Waals surface area contributed by atoms with Gasteiger partial charge in [0.15, 0.2) is 0 Å². The summed E-state index contributed by atoms with van der Waals surface area (Å²) in [6.07, 6.45) is 7.09. The highest BCUT2D eigenvalue weighted by Gasteiger charge is 2.33. The number of amides is 2. The average molecular weight is 227 g/mol. The molecular weight excluding hydrogens is 218 g/mol. The van der Waals surface area contributed by atoms with E-state index in [1.54, 1.807) is 24.3 Å². The second-order valence-corrected chi connectivity index (χ2v) is 3.53. The molecule has 1 aromatic rings. The number of anilines is 1. The first-order valence-electron chi connectivity index (χ1n) is 4.91. The number of terminal acetylenes is 1. The number of hydrogen-bond acceptors (Lipinski definition) is 3. The van der Waals surface area contributed by atoms with Crippen LogP contribution in [-0.2, 0) is 9.59 Å². The van der Waals surface area contributed by atoms with Crippen LogP contribution in [0.3, 0.4) is 0 Å². The molecule has 1 aliphatic heterocycles. The van der Waals surface area contributed by atoms with Crippen molar-refractivity contribution in [2.24, 2.45) is 0 Å². The molecule has 1 fully saturated rings. The van der Waals surface area contributed by atoms with Gasteiger partial charge >= 0.3 is 0 Å². The van der Waals surface area contributed by atoms with E-state index in [-0.39, 0.29) is 18.2 Å². The smallest absolute Gasteiger partial charge is 0.260 e. The molecule has 1 heterocycles. The molecule has 2 amide bonds. The number of imide groups is 1. The van der Waals surface area contributed by atoms with Gasteiger partial charge in [-0.1, -0.05) is 13.0 Å². The third kappa shape index (κ3) is 1.91. The number of hydrogen-bond donors (Lipinski definition) is 0. The molecule has 0 spiro atoms. The molecule has 0 atom stereocenters. The molecule has 0 radical (unpaired) electrons. The summed E-state index contributed by atoms with van der Waals surface area (Å²) in [7, 11) is 0. The van der Waals surface area contributed by atoms with E-state index in [2.05, 4.69) is 6.58 Å². The third-order valence-electron chi connectivity index (χ3n) is 2.39. The molecule has 0 unspecified atom stereocenters. The third-order valence-corrected chi connectivity index (χ3v) is 2.39. The van der Waals surface area contributed by atoms with Crippen LogP contribution in [0.1, 0.15) is 6.42 Å². The summed E-state index contributed by atoms with van der Waals surface area (Å²) in [4.78, 5) is 24.4. The van der Waals surface area contributed by atoms with E-state index >= 15 is 0 Å². The summed E-state index contributed by atoms with van der Waals surface area (Å²) in [5, 5.41) is 0. The molecule has 4 nitrogen and oxygen atoms in total. The average Bonchev–Trinajstić information content (AvgIpc) is 2.55. The zero-order valence-corrected chi connectivity index (χ0v) is 8.97. The first kappa shape index (κ1) is 11.0. The highest BCUT2D eigenvalue weighted by molar-refractivity contribution is 6.27. The van der Waals surface area contributed by atoms with Crippen molar-refractivity contribution in [3.05, 3.63) is 36.4 Å². The molecule has 1 saturated heterocycles. The Bertz CT molecular complexity index is 537. The minimum Gasteiger partial charge on any atom is -0.408 e. The monoisotopic (exact) mass is 227 g/mol. The Labute approximate surface area is 98.5 Å². The Balaban J connectivity index is 2.29. The van der Waals surface area contributed by atoms with E-state index in [1.165, 1.54) is 0 Å². The first-order valence-corrected chi connectivity index (χ1v) is 4.91. The molecular formula is C13H9NO3. The van der Waals surface area contributed by atoms with Gasteiger partial charge in [0, 0.05) is 5.57 Å². The van der Waals surface area contributed by atoms with Crippen molar-refractivity contribution in [2.45, 2.75) is 6.42 Å². The lowest BCUT2D eigenvalue weighted by Gasteiger charge is -2.13. The Morgan fingerprint density at radius 3 is 2.41 bits per heavy atom. The zero-order chi connectivity index (χ0) is 12.4. The second-order valence-electron chi connectivity index (χ2n) is 3.53. The van der Waals surface area contributed by atoms with E-state index < -0.39 is 0 Å². The van der Waals surface area contributed by atoms with Gasteiger partial charge in [-0.25, -0.2) is 4.90 Å². The quantitative estimate of drug-likeness (QED) is 0.436. The Hall–Kier alpha value is -2.54.